The van der Waals surface area contributed by atoms with E-state index in [-0.39, 0.29) is 10.7 Å². The number of nitrogens with one attached hydrogen (secondary N) is 1. The largest absolute Gasteiger partial charge is 0.286 e. The van der Waals surface area contributed by atoms with Crippen molar-refractivity contribution in [3.05, 3.63) is 53.3 Å². The van der Waals surface area contributed by atoms with Gasteiger partial charge in [-0.3, -0.25) is 9.99 Å². The van der Waals surface area contributed by atoms with Crippen LogP contribution in [0.5, 0.6) is 0 Å². The summed E-state index contributed by atoms with van der Waals surface area (Å²) in [7, 11) is -2.12. The number of sulfonamides is 1. The molecule has 108 valence electrons. The van der Waals surface area contributed by atoms with Gasteiger partial charge in [-0.25, -0.2) is 5.43 Å². The van der Waals surface area contributed by atoms with Crippen LogP contribution in [0.3, 0.4) is 0 Å². The van der Waals surface area contributed by atoms with Gasteiger partial charge in [-0.1, -0.05) is 11.6 Å². The van der Waals surface area contributed by atoms with E-state index >= 15 is 0 Å². The van der Waals surface area contributed by atoms with Crippen LogP contribution in [-0.4, -0.2) is 26.3 Å². The number of benzene rings is 1. The molecule has 0 atom stereocenters. The standard InChI is InChI=1S/C13H11ClN4O2S/c1-15-18-11-3-2-10(14)8-12(11)21(19,20)17-13(18)9-4-6-16-7-5-9/h2-8,15H,1H3. The molecule has 0 saturated carbocycles. The Bertz CT molecular complexity index is 821. The molecule has 21 heavy (non-hydrogen) atoms. The van der Waals surface area contributed by atoms with E-state index in [1.807, 2.05) is 0 Å². The van der Waals surface area contributed by atoms with E-state index in [1.54, 1.807) is 48.7 Å². The first-order chi connectivity index (χ1) is 10.0. The summed E-state index contributed by atoms with van der Waals surface area (Å²) in [5, 5.41) is 1.94. The van der Waals surface area contributed by atoms with E-state index in [9.17, 15) is 8.42 Å². The van der Waals surface area contributed by atoms with E-state index < -0.39 is 10.0 Å². The average Bonchev–Trinajstić information content (AvgIpc) is 2.48. The molecule has 8 heteroatoms. The maximum Gasteiger partial charge on any atom is 0.286 e. The Morgan fingerprint density at radius 2 is 1.90 bits per heavy atom. The normalized spacial score (nSPS) is 16.3. The molecule has 1 N–H and O–H groups in total. The monoisotopic (exact) mass is 322 g/mol. The minimum absolute atomic E-state index is 0.0714. The summed E-state index contributed by atoms with van der Waals surface area (Å²) in [5.41, 5.74) is 4.06. The summed E-state index contributed by atoms with van der Waals surface area (Å²) in [6, 6.07) is 8.06. The van der Waals surface area contributed by atoms with Gasteiger partial charge in [0.2, 0.25) is 0 Å². The summed E-state index contributed by atoms with van der Waals surface area (Å²) in [4.78, 5) is 3.99. The predicted octanol–water partition coefficient (Wildman–Crippen LogP) is 1.82. The lowest BCUT2D eigenvalue weighted by Gasteiger charge is -2.29. The molecule has 1 aromatic carbocycles. The number of rotatable bonds is 2. The van der Waals surface area contributed by atoms with Crippen LogP contribution in [0.4, 0.5) is 5.69 Å². The molecule has 1 aliphatic rings. The van der Waals surface area contributed by atoms with Crippen LogP contribution < -0.4 is 10.4 Å². The maximum atomic E-state index is 12.4. The lowest BCUT2D eigenvalue weighted by atomic mass is 10.2. The number of amidine groups is 1. The first kappa shape index (κ1) is 14.0. The van der Waals surface area contributed by atoms with Crippen molar-refractivity contribution in [3.63, 3.8) is 0 Å². The van der Waals surface area contributed by atoms with E-state index in [2.05, 4.69) is 14.8 Å². The van der Waals surface area contributed by atoms with Crippen molar-refractivity contribution in [2.75, 3.05) is 12.1 Å². The van der Waals surface area contributed by atoms with E-state index in [0.717, 1.165) is 0 Å². The van der Waals surface area contributed by atoms with Gasteiger partial charge in [0.05, 0.1) is 5.69 Å². The zero-order valence-electron chi connectivity index (χ0n) is 11.0. The van der Waals surface area contributed by atoms with Gasteiger partial charge in [0, 0.05) is 30.0 Å². The van der Waals surface area contributed by atoms with Gasteiger partial charge in [-0.15, -0.1) is 4.40 Å². The molecule has 0 spiro atoms. The zero-order valence-corrected chi connectivity index (χ0v) is 12.6. The van der Waals surface area contributed by atoms with Crippen molar-refractivity contribution in [3.8, 4) is 0 Å². The van der Waals surface area contributed by atoms with Crippen molar-refractivity contribution in [2.24, 2.45) is 4.40 Å². The van der Waals surface area contributed by atoms with Crippen LogP contribution in [0.15, 0.2) is 52.0 Å². The van der Waals surface area contributed by atoms with Crippen LogP contribution >= 0.6 is 11.6 Å². The fourth-order valence-electron chi connectivity index (χ4n) is 2.11. The van der Waals surface area contributed by atoms with Crippen LogP contribution in [0.1, 0.15) is 5.56 Å². The van der Waals surface area contributed by atoms with Crippen molar-refractivity contribution < 1.29 is 8.42 Å². The third-order valence-corrected chi connectivity index (χ3v) is 4.55. The van der Waals surface area contributed by atoms with Crippen molar-refractivity contribution in [1.29, 1.82) is 0 Å². The minimum atomic E-state index is -3.80. The quantitative estimate of drug-likeness (QED) is 0.913. The van der Waals surface area contributed by atoms with Crippen molar-refractivity contribution in [1.82, 2.24) is 10.4 Å². The Labute approximate surface area is 127 Å². The highest BCUT2D eigenvalue weighted by Gasteiger charge is 2.31. The lowest BCUT2D eigenvalue weighted by Crippen LogP contribution is -2.44. The third kappa shape index (κ3) is 2.39. The highest BCUT2D eigenvalue weighted by molar-refractivity contribution is 7.90. The van der Waals surface area contributed by atoms with Gasteiger partial charge in [-0.2, -0.15) is 8.42 Å². The number of nitrogens with zero attached hydrogens (tertiary/aromatic N) is 3. The number of pyridine rings is 1. The molecule has 0 aliphatic carbocycles. The molecule has 6 nitrogen and oxygen atoms in total. The van der Waals surface area contributed by atoms with Gasteiger partial charge in [0.15, 0.2) is 5.84 Å². The molecule has 0 unspecified atom stereocenters. The smallest absolute Gasteiger partial charge is 0.265 e. The molecule has 2 heterocycles. The predicted molar refractivity (Wildman–Crippen MR) is 81.0 cm³/mol. The fourth-order valence-corrected chi connectivity index (χ4v) is 3.56. The summed E-state index contributed by atoms with van der Waals surface area (Å²) in [5.74, 6) is 0.287. The zero-order chi connectivity index (χ0) is 15.0. The number of hydrogen-bond donors (Lipinski definition) is 1. The van der Waals surface area contributed by atoms with Gasteiger partial charge in [-0.05, 0) is 30.3 Å². The van der Waals surface area contributed by atoms with E-state index in [4.69, 9.17) is 11.6 Å². The van der Waals surface area contributed by atoms with Gasteiger partial charge < -0.3 is 0 Å². The molecule has 0 amide bonds. The molecule has 0 radical (unpaired) electrons. The van der Waals surface area contributed by atoms with E-state index in [0.29, 0.717) is 16.3 Å². The Morgan fingerprint density at radius 1 is 1.19 bits per heavy atom. The lowest BCUT2D eigenvalue weighted by molar-refractivity contribution is 0.596. The number of hydrazine groups is 1. The van der Waals surface area contributed by atoms with Crippen LogP contribution in [0.2, 0.25) is 5.02 Å². The molecular formula is C13H11ClN4O2S. The second kappa shape index (κ2) is 5.10. The summed E-state index contributed by atoms with van der Waals surface area (Å²) >= 11 is 5.89. The number of anilines is 1. The maximum absolute atomic E-state index is 12.4. The first-order valence-electron chi connectivity index (χ1n) is 6.05. The van der Waals surface area contributed by atoms with Crippen LogP contribution in [0.25, 0.3) is 0 Å². The van der Waals surface area contributed by atoms with Gasteiger partial charge >= 0.3 is 0 Å². The average molecular weight is 323 g/mol. The molecule has 0 saturated heterocycles. The molecular weight excluding hydrogens is 312 g/mol. The van der Waals surface area contributed by atoms with Crippen molar-refractivity contribution >= 4 is 33.1 Å². The summed E-state index contributed by atoms with van der Waals surface area (Å²) in [6.07, 6.45) is 3.16. The van der Waals surface area contributed by atoms with Gasteiger partial charge in [0.25, 0.3) is 10.0 Å². The summed E-state index contributed by atoms with van der Waals surface area (Å²) < 4.78 is 28.6. The fraction of sp³-hybridized carbons (Fsp3) is 0.0769. The molecule has 1 aromatic heterocycles. The Balaban J connectivity index is 2.25. The van der Waals surface area contributed by atoms with Crippen molar-refractivity contribution in [2.45, 2.75) is 4.90 Å². The van der Waals surface area contributed by atoms with Crippen LogP contribution in [-0.2, 0) is 10.0 Å². The molecule has 2 aromatic rings. The molecule has 0 fully saturated rings. The number of hydrogen-bond acceptors (Lipinski definition) is 5. The molecule has 1 aliphatic heterocycles. The SMILES string of the molecule is CNN1C(c2ccncc2)=NS(=O)(=O)c2cc(Cl)ccc21. The molecule has 0 bridgehead atoms. The number of halogens is 1. The summed E-state index contributed by atoms with van der Waals surface area (Å²) in [6.45, 7) is 0. The minimum Gasteiger partial charge on any atom is -0.265 e. The second-order valence-electron chi connectivity index (χ2n) is 4.30. The number of fused-ring (bicyclic) bond motifs is 1. The highest BCUT2D eigenvalue weighted by atomic mass is 35.5. The topological polar surface area (TPSA) is 74.7 Å². The number of aromatic nitrogens is 1. The third-order valence-electron chi connectivity index (χ3n) is 3.02. The highest BCUT2D eigenvalue weighted by Crippen LogP contribution is 2.33. The Morgan fingerprint density at radius 3 is 2.57 bits per heavy atom. The molecule has 3 rings (SSSR count). The van der Waals surface area contributed by atoms with E-state index in [1.165, 1.54) is 6.07 Å². The van der Waals surface area contributed by atoms with Crippen LogP contribution in [0, 0.1) is 0 Å². The Kier molecular flexibility index (Phi) is 3.40. The second-order valence-corrected chi connectivity index (χ2v) is 6.31. The van der Waals surface area contributed by atoms with Gasteiger partial charge in [0.1, 0.15) is 4.90 Å². The Hall–Kier alpha value is -1.96. The first-order valence-corrected chi connectivity index (χ1v) is 7.87.